The Morgan fingerprint density at radius 3 is 2.48 bits per heavy atom. The van der Waals surface area contributed by atoms with Crippen molar-refractivity contribution in [3.63, 3.8) is 0 Å². The molecule has 2 fully saturated rings. The van der Waals surface area contributed by atoms with Gasteiger partial charge in [0.2, 0.25) is 0 Å². The van der Waals surface area contributed by atoms with Crippen LogP contribution in [0.2, 0.25) is 0 Å². The number of aliphatic imine (C=N–C) groups is 1. The van der Waals surface area contributed by atoms with E-state index in [0.29, 0.717) is 28.9 Å². The number of tetrazole rings is 1. The number of pyridine rings is 1. The summed E-state index contributed by atoms with van der Waals surface area (Å²) in [6.45, 7) is 7.12. The molecule has 1 atom stereocenters. The highest BCUT2D eigenvalue weighted by Crippen LogP contribution is 2.54. The van der Waals surface area contributed by atoms with Crippen molar-refractivity contribution in [2.75, 3.05) is 0 Å². The number of aromatic nitrogens is 5. The Balaban J connectivity index is 1.30. The number of carbonyl (C=O) groups excluding carboxylic acids is 2. The molecular weight excluding hydrogens is 504 g/mol. The third kappa shape index (κ3) is 5.02. The van der Waals surface area contributed by atoms with Gasteiger partial charge in [0.1, 0.15) is 11.4 Å². The molecule has 3 heterocycles. The molecule has 2 N–H and O–H groups in total. The summed E-state index contributed by atoms with van der Waals surface area (Å²) in [4.78, 5) is 38.6. The quantitative estimate of drug-likeness (QED) is 0.461. The van der Waals surface area contributed by atoms with Crippen molar-refractivity contribution < 1.29 is 9.59 Å². The minimum Gasteiger partial charge on any atom is -0.345 e. The van der Waals surface area contributed by atoms with Crippen LogP contribution in [-0.4, -0.2) is 53.7 Å². The number of aromatic amines is 1. The van der Waals surface area contributed by atoms with Crippen molar-refractivity contribution >= 4 is 17.5 Å². The number of hydrogen-bond acceptors (Lipinski definition) is 7. The molecular formula is C30H36N8O2. The Bertz CT molecular complexity index is 1380. The fourth-order valence-corrected chi connectivity index (χ4v) is 6.38. The van der Waals surface area contributed by atoms with E-state index in [0.717, 1.165) is 49.7 Å². The molecule has 2 saturated carbocycles. The monoisotopic (exact) mass is 540 g/mol. The number of nitrogens with zero attached hydrogens (tertiary/aromatic N) is 6. The Morgan fingerprint density at radius 1 is 1.12 bits per heavy atom. The molecule has 2 aromatic heterocycles. The molecule has 3 aliphatic rings. The van der Waals surface area contributed by atoms with E-state index in [1.165, 1.54) is 0 Å². The van der Waals surface area contributed by atoms with Crippen molar-refractivity contribution in [3.05, 3.63) is 71.3 Å². The predicted octanol–water partition coefficient (Wildman–Crippen LogP) is 4.24. The summed E-state index contributed by atoms with van der Waals surface area (Å²) >= 11 is 0. The van der Waals surface area contributed by atoms with Crippen LogP contribution in [0.3, 0.4) is 0 Å². The molecule has 10 nitrogen and oxygen atoms in total. The molecule has 2 amide bonds. The first-order valence-corrected chi connectivity index (χ1v) is 14.2. The van der Waals surface area contributed by atoms with E-state index < -0.39 is 5.66 Å². The highest BCUT2D eigenvalue weighted by Gasteiger charge is 2.55. The van der Waals surface area contributed by atoms with E-state index in [2.05, 4.69) is 56.6 Å². The normalized spacial score (nSPS) is 23.8. The lowest BCUT2D eigenvalue weighted by Gasteiger charge is -2.47. The van der Waals surface area contributed by atoms with E-state index in [1.807, 2.05) is 36.4 Å². The van der Waals surface area contributed by atoms with Gasteiger partial charge in [-0.15, -0.1) is 10.2 Å². The Labute approximate surface area is 234 Å². The zero-order valence-electron chi connectivity index (χ0n) is 23.3. The molecule has 40 heavy (non-hydrogen) atoms. The zero-order valence-corrected chi connectivity index (χ0v) is 23.3. The first-order valence-electron chi connectivity index (χ1n) is 14.2. The molecule has 1 unspecified atom stereocenters. The van der Waals surface area contributed by atoms with Gasteiger partial charge in [0, 0.05) is 23.5 Å². The maximum Gasteiger partial charge on any atom is 0.275 e. The fraction of sp³-hybridized carbons (Fsp3) is 0.500. The molecule has 0 saturated heterocycles. The van der Waals surface area contributed by atoms with Gasteiger partial charge >= 0.3 is 0 Å². The summed E-state index contributed by atoms with van der Waals surface area (Å²) in [5, 5.41) is 16.5. The van der Waals surface area contributed by atoms with Gasteiger partial charge in [0.25, 0.3) is 11.8 Å². The molecule has 6 rings (SSSR count). The third-order valence-electron chi connectivity index (χ3n) is 8.79. The van der Waals surface area contributed by atoms with Crippen LogP contribution in [0.25, 0.3) is 0 Å². The van der Waals surface area contributed by atoms with Crippen LogP contribution < -0.4 is 5.32 Å². The number of H-pyrrole nitrogens is 1. The standard InChI is InChI=1S/C30H36N8O2/c1-29(2,3)23-12-14-30(15-13-23)33-25(22-5-4-16-31-17-22)28(40)38(30)26(19-6-7-19)20-8-10-21(11-9-20)27(39)32-18-24-34-36-37-35-24/h4-5,8-11,16-17,19,23,26H,6-7,12-15,18H2,1-3H3,(H,32,39)(H,34,35,36,37). The molecule has 10 heteroatoms. The van der Waals surface area contributed by atoms with Gasteiger partial charge in [0.15, 0.2) is 5.82 Å². The first-order chi connectivity index (χ1) is 19.2. The molecule has 0 radical (unpaired) electrons. The van der Waals surface area contributed by atoms with Gasteiger partial charge in [-0.1, -0.05) is 38.1 Å². The second-order valence-corrected chi connectivity index (χ2v) is 12.4. The number of benzene rings is 1. The van der Waals surface area contributed by atoms with Crippen LogP contribution in [0.15, 0.2) is 53.8 Å². The summed E-state index contributed by atoms with van der Waals surface area (Å²) < 4.78 is 0. The number of rotatable bonds is 7. The van der Waals surface area contributed by atoms with Gasteiger partial charge in [-0.25, -0.2) is 0 Å². The summed E-state index contributed by atoms with van der Waals surface area (Å²) in [7, 11) is 0. The van der Waals surface area contributed by atoms with E-state index >= 15 is 0 Å². The third-order valence-corrected chi connectivity index (χ3v) is 8.79. The number of carbonyl (C=O) groups is 2. The predicted molar refractivity (Wildman–Crippen MR) is 149 cm³/mol. The van der Waals surface area contributed by atoms with E-state index in [4.69, 9.17) is 4.99 Å². The zero-order chi connectivity index (χ0) is 27.9. The maximum atomic E-state index is 14.3. The van der Waals surface area contributed by atoms with Crippen LogP contribution in [0.1, 0.15) is 92.6 Å². The maximum absolute atomic E-state index is 14.3. The minimum absolute atomic E-state index is 0.0129. The van der Waals surface area contributed by atoms with Gasteiger partial charge in [0.05, 0.1) is 12.6 Å². The van der Waals surface area contributed by atoms with E-state index in [9.17, 15) is 9.59 Å². The average Bonchev–Trinajstić information content (AvgIpc) is 3.58. The van der Waals surface area contributed by atoms with Gasteiger partial charge in [-0.3, -0.25) is 19.6 Å². The fourth-order valence-electron chi connectivity index (χ4n) is 6.38. The van der Waals surface area contributed by atoms with Crippen LogP contribution in [0.4, 0.5) is 0 Å². The summed E-state index contributed by atoms with van der Waals surface area (Å²) in [6.07, 6.45) is 9.38. The lowest BCUT2D eigenvalue weighted by atomic mass is 9.69. The van der Waals surface area contributed by atoms with Crippen LogP contribution in [0.5, 0.6) is 0 Å². The largest absolute Gasteiger partial charge is 0.345 e. The smallest absolute Gasteiger partial charge is 0.275 e. The minimum atomic E-state index is -0.558. The molecule has 208 valence electrons. The first kappa shape index (κ1) is 26.3. The highest BCUT2D eigenvalue weighted by atomic mass is 16.2. The van der Waals surface area contributed by atoms with Crippen molar-refractivity contribution in [2.24, 2.45) is 22.2 Å². The topological polar surface area (TPSA) is 129 Å². The molecule has 3 aromatic rings. The van der Waals surface area contributed by atoms with Crippen LogP contribution >= 0.6 is 0 Å². The molecule has 1 aromatic carbocycles. The SMILES string of the molecule is CC(C)(C)C1CCC2(CC1)N=C(c1cccnc1)C(=O)N2C(c1ccc(C(=O)NCc2nn[nH]n2)cc1)C1CC1. The second kappa shape index (κ2) is 10.2. The Kier molecular flexibility index (Phi) is 6.72. The number of hydrogen-bond donors (Lipinski definition) is 2. The Hall–Kier alpha value is -3.95. The molecule has 1 aliphatic heterocycles. The van der Waals surface area contributed by atoms with Gasteiger partial charge in [-0.05, 0) is 85.6 Å². The number of nitrogens with one attached hydrogen (secondary N) is 2. The van der Waals surface area contributed by atoms with Crippen LogP contribution in [-0.2, 0) is 11.3 Å². The Morgan fingerprint density at radius 2 is 1.88 bits per heavy atom. The van der Waals surface area contributed by atoms with Gasteiger partial charge in [-0.2, -0.15) is 5.21 Å². The lowest BCUT2D eigenvalue weighted by molar-refractivity contribution is -0.134. The van der Waals surface area contributed by atoms with Crippen molar-refractivity contribution in [1.82, 2.24) is 35.8 Å². The second-order valence-electron chi connectivity index (χ2n) is 12.4. The van der Waals surface area contributed by atoms with Crippen molar-refractivity contribution in [3.8, 4) is 0 Å². The highest BCUT2D eigenvalue weighted by molar-refractivity contribution is 6.46. The van der Waals surface area contributed by atoms with E-state index in [-0.39, 0.29) is 29.8 Å². The summed E-state index contributed by atoms with van der Waals surface area (Å²) in [6, 6.07) is 11.4. The summed E-state index contributed by atoms with van der Waals surface area (Å²) in [5.74, 6) is 1.17. The molecule has 1 spiro atoms. The lowest BCUT2D eigenvalue weighted by Crippen LogP contribution is -2.52. The van der Waals surface area contributed by atoms with Gasteiger partial charge < -0.3 is 10.2 Å². The molecule has 2 aliphatic carbocycles. The van der Waals surface area contributed by atoms with Crippen LogP contribution in [0, 0.1) is 17.3 Å². The van der Waals surface area contributed by atoms with Crippen molar-refractivity contribution in [1.29, 1.82) is 0 Å². The van der Waals surface area contributed by atoms with E-state index in [1.54, 1.807) is 12.4 Å². The number of amides is 2. The molecule has 0 bridgehead atoms. The summed E-state index contributed by atoms with van der Waals surface area (Å²) in [5.41, 5.74) is 2.55. The average molecular weight is 541 g/mol. The van der Waals surface area contributed by atoms with Crippen molar-refractivity contribution in [2.45, 2.75) is 77.5 Å².